The minimum Gasteiger partial charge on any atom is -0.458 e. The molecular formula is C26H25N3O5S3. The van der Waals surface area contributed by atoms with Gasteiger partial charge >= 0.3 is 5.97 Å². The lowest BCUT2D eigenvalue weighted by Crippen LogP contribution is -2.61. The fraction of sp³-hybridized carbons (Fsp3) is 0.269. The zero-order valence-electron chi connectivity index (χ0n) is 20.7. The molecule has 1 amide bonds. The fourth-order valence-corrected chi connectivity index (χ4v) is 7.56. The van der Waals surface area contributed by atoms with E-state index < -0.39 is 27.9 Å². The summed E-state index contributed by atoms with van der Waals surface area (Å²) in [5, 5.41) is 10.5. The first-order valence-corrected chi connectivity index (χ1v) is 14.3. The van der Waals surface area contributed by atoms with Crippen LogP contribution in [0.15, 0.2) is 70.6 Å². The van der Waals surface area contributed by atoms with Crippen molar-refractivity contribution in [2.75, 3.05) is 0 Å². The number of aromatic nitrogens is 1. The molecule has 0 bridgehead atoms. The number of hydrogen-bond acceptors (Lipinski definition) is 9. The molecule has 0 aliphatic carbocycles. The van der Waals surface area contributed by atoms with Crippen LogP contribution in [0.5, 0.6) is 0 Å². The topological polar surface area (TPSA) is 103 Å². The molecule has 1 aliphatic heterocycles. The molecule has 2 heterocycles. The number of non-ortho nitro benzene ring substituents is 1. The van der Waals surface area contributed by atoms with Crippen LogP contribution in [-0.2, 0) is 14.3 Å². The summed E-state index contributed by atoms with van der Waals surface area (Å²) in [5.41, 5.74) is 1.75. The van der Waals surface area contributed by atoms with E-state index in [9.17, 15) is 19.7 Å². The minimum absolute atomic E-state index is 0.0340. The molecule has 0 unspecified atom stereocenters. The van der Waals surface area contributed by atoms with Gasteiger partial charge < -0.3 is 9.64 Å². The van der Waals surface area contributed by atoms with Crippen molar-refractivity contribution in [3.05, 3.63) is 81.9 Å². The zero-order chi connectivity index (χ0) is 26.9. The first kappa shape index (κ1) is 26.9. The van der Waals surface area contributed by atoms with Crippen molar-refractivity contribution in [1.29, 1.82) is 0 Å². The highest BCUT2D eigenvalue weighted by molar-refractivity contribution is 8.77. The second-order valence-electron chi connectivity index (χ2n) is 9.42. The summed E-state index contributed by atoms with van der Waals surface area (Å²) in [4.78, 5) is 43.1. The van der Waals surface area contributed by atoms with Gasteiger partial charge in [0, 0.05) is 12.1 Å². The van der Waals surface area contributed by atoms with Crippen molar-refractivity contribution >= 4 is 66.8 Å². The molecule has 3 aromatic rings. The van der Waals surface area contributed by atoms with Crippen LogP contribution >= 0.6 is 32.9 Å². The van der Waals surface area contributed by atoms with E-state index >= 15 is 0 Å². The summed E-state index contributed by atoms with van der Waals surface area (Å²) in [7, 11) is 2.83. The predicted molar refractivity (Wildman–Crippen MR) is 149 cm³/mol. The van der Waals surface area contributed by atoms with Gasteiger partial charge in [-0.15, -0.1) is 11.3 Å². The summed E-state index contributed by atoms with van der Waals surface area (Å²) < 4.78 is 7.48. The van der Waals surface area contributed by atoms with Crippen molar-refractivity contribution in [3.63, 3.8) is 0 Å². The minimum atomic E-state index is -0.950. The number of β-lactam (4-membered cyclic amide) rings is 1. The van der Waals surface area contributed by atoms with Gasteiger partial charge in [0.05, 0.1) is 20.7 Å². The van der Waals surface area contributed by atoms with Crippen LogP contribution in [0.3, 0.4) is 0 Å². The number of hydrogen-bond donors (Lipinski definition) is 0. The number of ether oxygens (including phenoxy) is 1. The first-order valence-electron chi connectivity index (χ1n) is 11.3. The third kappa shape index (κ3) is 6.06. The predicted octanol–water partition coefficient (Wildman–Crippen LogP) is 6.48. The number of likely N-dealkylation sites (tertiary alicyclic amines) is 1. The van der Waals surface area contributed by atoms with E-state index in [0.29, 0.717) is 16.7 Å². The summed E-state index contributed by atoms with van der Waals surface area (Å²) in [6, 6.07) is 12.8. The highest BCUT2D eigenvalue weighted by Crippen LogP contribution is 2.48. The number of fused-ring (bicyclic) bond motifs is 1. The molecule has 1 fully saturated rings. The van der Waals surface area contributed by atoms with Gasteiger partial charge in [-0.25, -0.2) is 9.78 Å². The van der Waals surface area contributed by atoms with Crippen LogP contribution in [0.2, 0.25) is 0 Å². The molecule has 0 saturated carbocycles. The Morgan fingerprint density at radius 3 is 2.51 bits per heavy atom. The maximum absolute atomic E-state index is 13.4. The summed E-state index contributed by atoms with van der Waals surface area (Å²) in [6.45, 7) is 11.0. The van der Waals surface area contributed by atoms with E-state index in [1.807, 2.05) is 24.3 Å². The van der Waals surface area contributed by atoms with Gasteiger partial charge in [0.1, 0.15) is 11.0 Å². The Morgan fingerprint density at radius 1 is 1.24 bits per heavy atom. The number of nitrogens with zero attached hydrogens (tertiary/aromatic N) is 3. The average molecular weight is 556 g/mol. The summed E-state index contributed by atoms with van der Waals surface area (Å²) in [6.07, 6.45) is 1.70. The number of amides is 1. The molecule has 11 heteroatoms. The monoisotopic (exact) mass is 555 g/mol. The van der Waals surface area contributed by atoms with Crippen molar-refractivity contribution in [1.82, 2.24) is 9.88 Å². The largest absolute Gasteiger partial charge is 0.458 e. The summed E-state index contributed by atoms with van der Waals surface area (Å²) >= 11 is 1.55. The number of nitro groups is 1. The normalized spacial score (nSPS) is 17.5. The summed E-state index contributed by atoms with van der Waals surface area (Å²) in [5.74, 6) is -0.863. The molecule has 2 aromatic carbocycles. The second-order valence-corrected chi connectivity index (χ2v) is 13.0. The Morgan fingerprint density at radius 2 is 1.92 bits per heavy atom. The Balaban J connectivity index is 1.65. The van der Waals surface area contributed by atoms with E-state index in [2.05, 4.69) is 11.6 Å². The molecule has 1 aliphatic rings. The second kappa shape index (κ2) is 10.7. The van der Waals surface area contributed by atoms with Crippen molar-refractivity contribution < 1.29 is 19.2 Å². The van der Waals surface area contributed by atoms with Crippen LogP contribution in [0.1, 0.15) is 33.3 Å². The molecule has 192 valence electrons. The van der Waals surface area contributed by atoms with Gasteiger partial charge in [0.2, 0.25) is 0 Å². The standard InChI is InChI=1S/C26H25N3O5S3/c1-15(2)21(24(31)34-26(3,4)5)28-22(30)18(14-16-10-12-17(13-11-16)29(32)33)23(28)36-37-25-27-19-8-6-7-9-20(19)35-25/h6-14,21,23H,1H2,2-5H3/b18-14+/t21-,23-/m1/s1. The molecule has 1 aromatic heterocycles. The number of thiazole rings is 1. The van der Waals surface area contributed by atoms with E-state index in [-0.39, 0.29) is 11.6 Å². The lowest BCUT2D eigenvalue weighted by Gasteiger charge is -2.46. The Hall–Kier alpha value is -3.15. The molecule has 4 rings (SSSR count). The molecule has 2 atom stereocenters. The zero-order valence-corrected chi connectivity index (χ0v) is 23.1. The van der Waals surface area contributed by atoms with Crippen LogP contribution in [-0.4, -0.2) is 43.7 Å². The van der Waals surface area contributed by atoms with E-state index in [1.54, 1.807) is 57.2 Å². The maximum atomic E-state index is 13.4. The van der Waals surface area contributed by atoms with Gasteiger partial charge in [-0.3, -0.25) is 14.9 Å². The first-order chi connectivity index (χ1) is 17.4. The van der Waals surface area contributed by atoms with E-state index in [4.69, 9.17) is 4.74 Å². The Kier molecular flexibility index (Phi) is 7.77. The number of carbonyl (C=O) groups excluding carboxylic acids is 2. The Labute approximate surface area is 226 Å². The molecule has 0 spiro atoms. The van der Waals surface area contributed by atoms with E-state index in [0.717, 1.165) is 14.6 Å². The maximum Gasteiger partial charge on any atom is 0.333 e. The molecule has 8 nitrogen and oxygen atoms in total. The van der Waals surface area contributed by atoms with Gasteiger partial charge in [0.15, 0.2) is 10.4 Å². The van der Waals surface area contributed by atoms with Gasteiger partial charge in [-0.1, -0.05) is 29.5 Å². The Bertz CT molecular complexity index is 1380. The molecule has 37 heavy (non-hydrogen) atoms. The highest BCUT2D eigenvalue weighted by atomic mass is 33.1. The lowest BCUT2D eigenvalue weighted by atomic mass is 9.96. The van der Waals surface area contributed by atoms with Crippen molar-refractivity contribution in [3.8, 4) is 0 Å². The molecular weight excluding hydrogens is 531 g/mol. The molecule has 1 saturated heterocycles. The van der Waals surface area contributed by atoms with E-state index in [1.165, 1.54) is 38.6 Å². The third-order valence-corrected chi connectivity index (χ3v) is 9.24. The van der Waals surface area contributed by atoms with Crippen LogP contribution < -0.4 is 0 Å². The fourth-order valence-electron chi connectivity index (χ4n) is 3.68. The lowest BCUT2D eigenvalue weighted by molar-refractivity contribution is -0.384. The molecule has 0 N–H and O–H groups in total. The average Bonchev–Trinajstić information content (AvgIpc) is 3.24. The van der Waals surface area contributed by atoms with Crippen LogP contribution in [0.4, 0.5) is 5.69 Å². The number of para-hydroxylation sites is 1. The molecule has 0 radical (unpaired) electrons. The third-order valence-electron chi connectivity index (χ3n) is 5.29. The van der Waals surface area contributed by atoms with Gasteiger partial charge in [0.25, 0.3) is 11.6 Å². The quantitative estimate of drug-likeness (QED) is 0.0592. The number of rotatable bonds is 8. The van der Waals surface area contributed by atoms with Gasteiger partial charge in [-0.05, 0) is 80.0 Å². The number of nitro benzene ring substituents is 1. The number of benzene rings is 2. The van der Waals surface area contributed by atoms with Crippen LogP contribution in [0, 0.1) is 10.1 Å². The van der Waals surface area contributed by atoms with Crippen molar-refractivity contribution in [2.45, 2.75) is 49.1 Å². The smallest absolute Gasteiger partial charge is 0.333 e. The SMILES string of the molecule is C=C(C)[C@H](C(=O)OC(C)(C)C)N1C(=O)/C(=C\c2ccc([N+](=O)[O-])cc2)[C@H]1SSc1nc2ccccc2s1. The van der Waals surface area contributed by atoms with Crippen LogP contribution in [0.25, 0.3) is 16.3 Å². The number of carbonyl (C=O) groups is 2. The van der Waals surface area contributed by atoms with Gasteiger partial charge in [-0.2, -0.15) is 0 Å². The van der Waals surface area contributed by atoms with Crippen molar-refractivity contribution in [2.24, 2.45) is 0 Å². The highest BCUT2D eigenvalue weighted by Gasteiger charge is 2.50. The number of esters is 1.